The van der Waals surface area contributed by atoms with Gasteiger partial charge in [-0.25, -0.2) is 0 Å². The van der Waals surface area contributed by atoms with Gasteiger partial charge in [0.15, 0.2) is 6.61 Å². The van der Waals surface area contributed by atoms with E-state index in [1.54, 1.807) is 11.3 Å². The molecule has 0 saturated heterocycles. The number of benzene rings is 1. The van der Waals surface area contributed by atoms with Crippen molar-refractivity contribution in [3.8, 4) is 17.2 Å². The molecule has 0 aliphatic rings. The van der Waals surface area contributed by atoms with Gasteiger partial charge in [-0.05, 0) is 24.6 Å². The van der Waals surface area contributed by atoms with Gasteiger partial charge in [0.05, 0.1) is 5.56 Å². The van der Waals surface area contributed by atoms with Crippen LogP contribution in [-0.4, -0.2) is 17.2 Å². The van der Waals surface area contributed by atoms with E-state index in [-0.39, 0.29) is 6.61 Å². The summed E-state index contributed by atoms with van der Waals surface area (Å²) >= 11 is 1.60. The molecule has 5 nitrogen and oxygen atoms in total. The molecule has 0 radical (unpaired) electrons. The molecule has 0 aliphatic carbocycles. The van der Waals surface area contributed by atoms with Crippen LogP contribution in [0.1, 0.15) is 11.4 Å². The van der Waals surface area contributed by atoms with E-state index < -0.39 is 0 Å². The van der Waals surface area contributed by atoms with Crippen LogP contribution in [-0.2, 0) is 13.2 Å². The number of nitrogens with one attached hydrogen (secondary N) is 1. The summed E-state index contributed by atoms with van der Waals surface area (Å²) in [5.41, 5.74) is 2.04. The summed E-state index contributed by atoms with van der Waals surface area (Å²) < 4.78 is 11.0. The van der Waals surface area contributed by atoms with Gasteiger partial charge in [0.1, 0.15) is 5.75 Å². The van der Waals surface area contributed by atoms with Crippen molar-refractivity contribution < 1.29 is 9.26 Å². The number of ether oxygens (including phenoxy) is 1. The van der Waals surface area contributed by atoms with Crippen LogP contribution >= 0.6 is 11.3 Å². The summed E-state index contributed by atoms with van der Waals surface area (Å²) in [5, 5.41) is 11.0. The number of hydrogen-bond acceptors (Lipinski definition) is 6. The molecule has 0 saturated carbocycles. The largest absolute Gasteiger partial charge is 0.485 e. The van der Waals surface area contributed by atoms with Crippen molar-refractivity contribution in [3.63, 3.8) is 0 Å². The molecular weight excluding hydrogens is 286 g/mol. The molecule has 2 aromatic heterocycles. The van der Waals surface area contributed by atoms with Crippen LogP contribution < -0.4 is 10.1 Å². The molecule has 2 heterocycles. The van der Waals surface area contributed by atoms with Crippen LogP contribution in [0.3, 0.4) is 0 Å². The predicted octanol–water partition coefficient (Wildman–Crippen LogP) is 3.10. The first kappa shape index (κ1) is 13.8. The highest BCUT2D eigenvalue weighted by Crippen LogP contribution is 2.21. The number of aromatic nitrogens is 2. The fourth-order valence-corrected chi connectivity index (χ4v) is 2.57. The quantitative estimate of drug-likeness (QED) is 0.758. The second kappa shape index (κ2) is 6.51. The lowest BCUT2D eigenvalue weighted by molar-refractivity contribution is 0.284. The standard InChI is InChI=1S/C15H15N3O2S/c1-16-8-11-4-2-3-5-13(11)19-9-14-17-15(20-18-14)12-6-7-21-10-12/h2-7,10,16H,8-9H2,1H3. The van der Waals surface area contributed by atoms with Crippen LogP contribution in [0.25, 0.3) is 11.5 Å². The minimum absolute atomic E-state index is 0.286. The SMILES string of the molecule is CNCc1ccccc1OCc1noc(-c2ccsc2)n1. The summed E-state index contributed by atoms with van der Waals surface area (Å²) in [6.07, 6.45) is 0. The van der Waals surface area contributed by atoms with Crippen molar-refractivity contribution in [3.05, 3.63) is 52.5 Å². The third-order valence-electron chi connectivity index (χ3n) is 2.93. The Labute approximate surface area is 126 Å². The van der Waals surface area contributed by atoms with Gasteiger partial charge in [-0.2, -0.15) is 16.3 Å². The second-order valence-electron chi connectivity index (χ2n) is 4.45. The van der Waals surface area contributed by atoms with Crippen molar-refractivity contribution in [2.45, 2.75) is 13.2 Å². The molecule has 6 heteroatoms. The first-order valence-corrected chi connectivity index (χ1v) is 7.51. The Hall–Kier alpha value is -2.18. The fourth-order valence-electron chi connectivity index (χ4n) is 1.94. The zero-order chi connectivity index (χ0) is 14.5. The van der Waals surface area contributed by atoms with Crippen molar-refractivity contribution in [1.82, 2.24) is 15.5 Å². The Bertz CT molecular complexity index is 695. The number of para-hydroxylation sites is 1. The van der Waals surface area contributed by atoms with E-state index in [4.69, 9.17) is 9.26 Å². The van der Waals surface area contributed by atoms with E-state index >= 15 is 0 Å². The molecule has 0 atom stereocenters. The fraction of sp³-hybridized carbons (Fsp3) is 0.200. The van der Waals surface area contributed by atoms with Crippen LogP contribution in [0.2, 0.25) is 0 Å². The van der Waals surface area contributed by atoms with Gasteiger partial charge in [-0.3, -0.25) is 0 Å². The van der Waals surface area contributed by atoms with Gasteiger partial charge >= 0.3 is 0 Å². The second-order valence-corrected chi connectivity index (χ2v) is 5.23. The molecule has 0 aliphatic heterocycles. The highest BCUT2D eigenvalue weighted by Gasteiger charge is 2.10. The summed E-state index contributed by atoms with van der Waals surface area (Å²) in [5.74, 6) is 1.89. The molecule has 0 bridgehead atoms. The third-order valence-corrected chi connectivity index (χ3v) is 3.62. The summed E-state index contributed by atoms with van der Waals surface area (Å²) in [6, 6.07) is 9.85. The van der Waals surface area contributed by atoms with Crippen LogP contribution in [0, 0.1) is 0 Å². The molecule has 0 amide bonds. The lowest BCUT2D eigenvalue weighted by atomic mass is 10.2. The smallest absolute Gasteiger partial charge is 0.258 e. The molecule has 108 valence electrons. The van der Waals surface area contributed by atoms with E-state index in [2.05, 4.69) is 15.5 Å². The Morgan fingerprint density at radius 1 is 1.29 bits per heavy atom. The zero-order valence-electron chi connectivity index (χ0n) is 11.6. The summed E-state index contributed by atoms with van der Waals surface area (Å²) in [6.45, 7) is 1.04. The zero-order valence-corrected chi connectivity index (χ0v) is 12.4. The number of hydrogen-bond donors (Lipinski definition) is 1. The van der Waals surface area contributed by atoms with E-state index in [0.29, 0.717) is 11.7 Å². The predicted molar refractivity (Wildman–Crippen MR) is 81.1 cm³/mol. The van der Waals surface area contributed by atoms with Gasteiger partial charge in [-0.15, -0.1) is 0 Å². The van der Waals surface area contributed by atoms with E-state index in [0.717, 1.165) is 23.4 Å². The first-order chi connectivity index (χ1) is 10.4. The van der Waals surface area contributed by atoms with Crippen molar-refractivity contribution in [2.24, 2.45) is 0 Å². The average molecular weight is 301 g/mol. The third kappa shape index (κ3) is 3.29. The molecule has 0 fully saturated rings. The topological polar surface area (TPSA) is 60.2 Å². The Morgan fingerprint density at radius 3 is 3.00 bits per heavy atom. The molecular formula is C15H15N3O2S. The van der Waals surface area contributed by atoms with Gasteiger partial charge in [0, 0.05) is 17.5 Å². The minimum Gasteiger partial charge on any atom is -0.485 e. The van der Waals surface area contributed by atoms with Gasteiger partial charge in [0.25, 0.3) is 5.89 Å². The van der Waals surface area contributed by atoms with Crippen LogP contribution in [0.15, 0.2) is 45.6 Å². The Kier molecular flexibility index (Phi) is 4.28. The van der Waals surface area contributed by atoms with Crippen LogP contribution in [0.5, 0.6) is 5.75 Å². The molecule has 0 spiro atoms. The van der Waals surface area contributed by atoms with Gasteiger partial charge < -0.3 is 14.6 Å². The maximum atomic E-state index is 5.78. The van der Waals surface area contributed by atoms with E-state index in [1.165, 1.54) is 0 Å². The molecule has 1 N–H and O–H groups in total. The van der Waals surface area contributed by atoms with Gasteiger partial charge in [-0.1, -0.05) is 23.4 Å². The first-order valence-electron chi connectivity index (χ1n) is 6.57. The average Bonchev–Trinajstić information content (AvgIpc) is 3.18. The Morgan fingerprint density at radius 2 is 2.19 bits per heavy atom. The van der Waals surface area contributed by atoms with Crippen molar-refractivity contribution in [2.75, 3.05) is 7.05 Å². The van der Waals surface area contributed by atoms with Crippen molar-refractivity contribution in [1.29, 1.82) is 0 Å². The highest BCUT2D eigenvalue weighted by atomic mass is 32.1. The normalized spacial score (nSPS) is 10.7. The highest BCUT2D eigenvalue weighted by molar-refractivity contribution is 7.08. The van der Waals surface area contributed by atoms with E-state index in [1.807, 2.05) is 48.1 Å². The van der Waals surface area contributed by atoms with E-state index in [9.17, 15) is 0 Å². The molecule has 1 aromatic carbocycles. The van der Waals surface area contributed by atoms with Crippen LogP contribution in [0.4, 0.5) is 0 Å². The molecule has 21 heavy (non-hydrogen) atoms. The maximum Gasteiger partial charge on any atom is 0.258 e. The maximum absolute atomic E-state index is 5.78. The minimum atomic E-state index is 0.286. The van der Waals surface area contributed by atoms with Gasteiger partial charge in [0.2, 0.25) is 5.82 Å². The monoisotopic (exact) mass is 301 g/mol. The summed E-state index contributed by atoms with van der Waals surface area (Å²) in [7, 11) is 1.91. The number of nitrogens with zero attached hydrogens (tertiary/aromatic N) is 2. The number of thiophene rings is 1. The molecule has 0 unspecified atom stereocenters. The Balaban J connectivity index is 1.68. The lowest BCUT2D eigenvalue weighted by Gasteiger charge is -2.09. The molecule has 3 rings (SSSR count). The number of rotatable bonds is 6. The van der Waals surface area contributed by atoms with Crippen molar-refractivity contribution >= 4 is 11.3 Å². The lowest BCUT2D eigenvalue weighted by Crippen LogP contribution is -2.07. The summed E-state index contributed by atoms with van der Waals surface area (Å²) in [4.78, 5) is 4.33. The molecule has 3 aromatic rings.